The summed E-state index contributed by atoms with van der Waals surface area (Å²) < 4.78 is 15.7. The summed E-state index contributed by atoms with van der Waals surface area (Å²) in [5.41, 5.74) is 3.09. The molecule has 0 saturated heterocycles. The van der Waals surface area contributed by atoms with Crippen molar-refractivity contribution in [3.8, 4) is 0 Å². The number of imidazole rings is 1. The van der Waals surface area contributed by atoms with Crippen molar-refractivity contribution >= 4 is 5.96 Å². The molecule has 6 heteroatoms. The van der Waals surface area contributed by atoms with E-state index >= 15 is 0 Å². The Morgan fingerprint density at radius 3 is 2.74 bits per heavy atom. The van der Waals surface area contributed by atoms with Crippen LogP contribution < -0.4 is 10.6 Å². The van der Waals surface area contributed by atoms with Crippen molar-refractivity contribution in [3.05, 3.63) is 89.8 Å². The molecule has 140 valence electrons. The summed E-state index contributed by atoms with van der Waals surface area (Å²) in [5.74, 6) is 0.531. The number of aromatic nitrogens is 2. The Bertz CT molecular complexity index is 874. The normalized spacial score (nSPS) is 11.4. The molecule has 0 fully saturated rings. The van der Waals surface area contributed by atoms with Gasteiger partial charge in [-0.1, -0.05) is 42.5 Å². The van der Waals surface area contributed by atoms with Crippen molar-refractivity contribution in [3.63, 3.8) is 0 Å². The van der Waals surface area contributed by atoms with E-state index in [1.807, 2.05) is 23.2 Å². The molecule has 0 aliphatic rings. The van der Waals surface area contributed by atoms with Crippen LogP contribution in [0.15, 0.2) is 72.2 Å². The van der Waals surface area contributed by atoms with E-state index in [0.29, 0.717) is 31.0 Å². The van der Waals surface area contributed by atoms with E-state index in [4.69, 9.17) is 0 Å². The molecule has 0 unspecified atom stereocenters. The highest BCUT2D eigenvalue weighted by Gasteiger charge is 2.03. The van der Waals surface area contributed by atoms with E-state index in [1.54, 1.807) is 25.4 Å². The highest BCUT2D eigenvalue weighted by molar-refractivity contribution is 5.79. The lowest BCUT2D eigenvalue weighted by molar-refractivity contribution is 0.606. The smallest absolute Gasteiger partial charge is 0.191 e. The average molecular weight is 365 g/mol. The first kappa shape index (κ1) is 18.6. The Kier molecular flexibility index (Phi) is 6.57. The third kappa shape index (κ3) is 5.67. The van der Waals surface area contributed by atoms with Gasteiger partial charge in [-0.3, -0.25) is 4.99 Å². The summed E-state index contributed by atoms with van der Waals surface area (Å²) in [6.45, 7) is 2.07. The lowest BCUT2D eigenvalue weighted by atomic mass is 10.1. The standard InChI is InChI=1S/C21H24FN5/c1-23-21(25-10-9-19-7-2-3-8-20(19)22)26-14-17-5-4-6-18(13-17)15-27-12-11-24-16-27/h2-8,11-13,16H,9-10,14-15H2,1H3,(H2,23,25,26). The lowest BCUT2D eigenvalue weighted by Gasteiger charge is -2.13. The van der Waals surface area contributed by atoms with Gasteiger partial charge in [-0.15, -0.1) is 0 Å². The second-order valence-corrected chi connectivity index (χ2v) is 6.25. The van der Waals surface area contributed by atoms with Crippen molar-refractivity contribution in [2.45, 2.75) is 19.5 Å². The Labute approximate surface area is 159 Å². The Morgan fingerprint density at radius 1 is 1.11 bits per heavy atom. The van der Waals surface area contributed by atoms with E-state index in [-0.39, 0.29) is 5.82 Å². The summed E-state index contributed by atoms with van der Waals surface area (Å²) in [4.78, 5) is 8.30. The van der Waals surface area contributed by atoms with Gasteiger partial charge in [0.2, 0.25) is 0 Å². The van der Waals surface area contributed by atoms with Gasteiger partial charge >= 0.3 is 0 Å². The quantitative estimate of drug-likeness (QED) is 0.500. The summed E-state index contributed by atoms with van der Waals surface area (Å²) in [7, 11) is 1.73. The van der Waals surface area contributed by atoms with Crippen molar-refractivity contribution in [1.29, 1.82) is 0 Å². The molecule has 2 N–H and O–H groups in total. The first-order chi connectivity index (χ1) is 13.2. The van der Waals surface area contributed by atoms with Crippen molar-refractivity contribution < 1.29 is 4.39 Å². The zero-order valence-corrected chi connectivity index (χ0v) is 15.4. The highest BCUT2D eigenvalue weighted by atomic mass is 19.1. The monoisotopic (exact) mass is 365 g/mol. The predicted octanol–water partition coefficient (Wildman–Crippen LogP) is 2.98. The molecule has 2 aromatic carbocycles. The van der Waals surface area contributed by atoms with Gasteiger partial charge in [-0.05, 0) is 29.2 Å². The number of guanidine groups is 1. The van der Waals surface area contributed by atoms with Gasteiger partial charge in [0.1, 0.15) is 5.82 Å². The van der Waals surface area contributed by atoms with Crippen molar-refractivity contribution in [2.75, 3.05) is 13.6 Å². The number of halogens is 1. The molecular formula is C21H24FN5. The average Bonchev–Trinajstić information content (AvgIpc) is 3.19. The van der Waals surface area contributed by atoms with Gasteiger partial charge in [-0.2, -0.15) is 0 Å². The Balaban J connectivity index is 1.48. The molecule has 1 heterocycles. The molecule has 0 spiro atoms. The van der Waals surface area contributed by atoms with E-state index in [0.717, 1.165) is 6.54 Å². The van der Waals surface area contributed by atoms with Gasteiger partial charge in [0, 0.05) is 39.1 Å². The SMILES string of the molecule is CN=C(NCCc1ccccc1F)NCc1cccc(Cn2ccnc2)c1. The first-order valence-corrected chi connectivity index (χ1v) is 8.96. The van der Waals surface area contributed by atoms with Crippen LogP contribution in [0.25, 0.3) is 0 Å². The lowest BCUT2D eigenvalue weighted by Crippen LogP contribution is -2.37. The van der Waals surface area contributed by atoms with Crippen LogP contribution in [0.4, 0.5) is 4.39 Å². The molecule has 0 saturated carbocycles. The summed E-state index contributed by atoms with van der Waals surface area (Å²) in [6.07, 6.45) is 6.15. The maximum Gasteiger partial charge on any atom is 0.191 e. The number of aliphatic imine (C=N–C) groups is 1. The van der Waals surface area contributed by atoms with Crippen LogP contribution in [0.1, 0.15) is 16.7 Å². The fourth-order valence-corrected chi connectivity index (χ4v) is 2.85. The van der Waals surface area contributed by atoms with Crippen LogP contribution >= 0.6 is 0 Å². The van der Waals surface area contributed by atoms with Crippen LogP contribution in [0.3, 0.4) is 0 Å². The predicted molar refractivity (Wildman–Crippen MR) is 106 cm³/mol. The third-order valence-corrected chi connectivity index (χ3v) is 4.24. The zero-order chi connectivity index (χ0) is 18.9. The topological polar surface area (TPSA) is 54.2 Å². The minimum atomic E-state index is -0.169. The van der Waals surface area contributed by atoms with Gasteiger partial charge in [-0.25, -0.2) is 9.37 Å². The highest BCUT2D eigenvalue weighted by Crippen LogP contribution is 2.08. The number of benzene rings is 2. The van der Waals surface area contributed by atoms with Crippen LogP contribution in [-0.2, 0) is 19.5 Å². The maximum absolute atomic E-state index is 13.7. The Hall–Kier alpha value is -3.15. The molecule has 1 aromatic heterocycles. The molecule has 0 aliphatic heterocycles. The van der Waals surface area contributed by atoms with Crippen LogP contribution in [0.2, 0.25) is 0 Å². The van der Waals surface area contributed by atoms with Crippen molar-refractivity contribution in [2.24, 2.45) is 4.99 Å². The molecule has 0 atom stereocenters. The second kappa shape index (κ2) is 9.52. The van der Waals surface area contributed by atoms with Gasteiger partial charge in [0.25, 0.3) is 0 Å². The number of hydrogen-bond donors (Lipinski definition) is 2. The van der Waals surface area contributed by atoms with E-state index in [1.165, 1.54) is 17.2 Å². The minimum absolute atomic E-state index is 0.169. The van der Waals surface area contributed by atoms with Gasteiger partial charge in [0.15, 0.2) is 5.96 Å². The molecule has 0 radical (unpaired) electrons. The largest absolute Gasteiger partial charge is 0.356 e. The van der Waals surface area contributed by atoms with E-state index in [9.17, 15) is 4.39 Å². The number of nitrogens with one attached hydrogen (secondary N) is 2. The molecule has 3 rings (SSSR count). The molecule has 0 aliphatic carbocycles. The fraction of sp³-hybridized carbons (Fsp3) is 0.238. The molecule has 5 nitrogen and oxygen atoms in total. The zero-order valence-electron chi connectivity index (χ0n) is 15.4. The first-order valence-electron chi connectivity index (χ1n) is 8.96. The number of nitrogens with zero attached hydrogens (tertiary/aromatic N) is 3. The van der Waals surface area contributed by atoms with E-state index < -0.39 is 0 Å². The maximum atomic E-state index is 13.7. The van der Waals surface area contributed by atoms with Gasteiger partial charge < -0.3 is 15.2 Å². The summed E-state index contributed by atoms with van der Waals surface area (Å²) in [6, 6.07) is 15.2. The van der Waals surface area contributed by atoms with Gasteiger partial charge in [0.05, 0.1) is 6.33 Å². The van der Waals surface area contributed by atoms with Crippen LogP contribution in [0, 0.1) is 5.82 Å². The van der Waals surface area contributed by atoms with Crippen molar-refractivity contribution in [1.82, 2.24) is 20.2 Å². The van der Waals surface area contributed by atoms with Crippen LogP contribution in [-0.4, -0.2) is 29.1 Å². The molecule has 3 aromatic rings. The number of hydrogen-bond acceptors (Lipinski definition) is 2. The Morgan fingerprint density at radius 2 is 1.96 bits per heavy atom. The second-order valence-electron chi connectivity index (χ2n) is 6.25. The molecule has 0 amide bonds. The molecule has 27 heavy (non-hydrogen) atoms. The number of rotatable bonds is 7. The summed E-state index contributed by atoms with van der Waals surface area (Å²) in [5, 5.41) is 6.52. The molecular weight excluding hydrogens is 341 g/mol. The fourth-order valence-electron chi connectivity index (χ4n) is 2.85. The van der Waals surface area contributed by atoms with Crippen LogP contribution in [0.5, 0.6) is 0 Å². The summed E-state index contributed by atoms with van der Waals surface area (Å²) >= 11 is 0. The van der Waals surface area contributed by atoms with E-state index in [2.05, 4.69) is 44.9 Å². The third-order valence-electron chi connectivity index (χ3n) is 4.24. The minimum Gasteiger partial charge on any atom is -0.356 e. The molecule has 0 bridgehead atoms.